The number of carbonyl (C=O) groups excluding carboxylic acids is 2. The third kappa shape index (κ3) is 5.88. The Morgan fingerprint density at radius 1 is 1.00 bits per heavy atom. The van der Waals surface area contributed by atoms with Gasteiger partial charge in [0.25, 0.3) is 0 Å². The Balaban J connectivity index is 1.21. The third-order valence-electron chi connectivity index (χ3n) is 8.86. The van der Waals surface area contributed by atoms with Crippen LogP contribution in [0, 0.1) is 5.92 Å². The average molecular weight is 687 g/mol. The molecule has 2 fully saturated rings. The Kier molecular flexibility index (Phi) is 8.57. The van der Waals surface area contributed by atoms with Crippen molar-refractivity contribution in [3.05, 3.63) is 77.2 Å². The molecular formula is C35H33Cl2N7O4. The quantitative estimate of drug-likeness (QED) is 0.168. The zero-order valence-electron chi connectivity index (χ0n) is 26.5. The van der Waals surface area contributed by atoms with Gasteiger partial charge in [-0.15, -0.1) is 0 Å². The number of piperazine rings is 1. The number of ether oxygens (including phenoxy) is 2. The summed E-state index contributed by atoms with van der Waals surface area (Å²) in [4.78, 5) is 43.4. The molecule has 0 radical (unpaired) electrons. The number of nitrogens with zero attached hydrogens (tertiary/aromatic N) is 6. The van der Waals surface area contributed by atoms with Crippen LogP contribution in [-0.4, -0.2) is 76.3 Å². The van der Waals surface area contributed by atoms with E-state index in [0.29, 0.717) is 74.1 Å². The maximum Gasteiger partial charge on any atom is 0.229 e. The summed E-state index contributed by atoms with van der Waals surface area (Å²) in [5, 5.41) is 4.69. The SMILES string of the molecule is C=CC(=O)Cc1cc(N2CCN(C(=O)C3CC3)CC2)ccc1Nc1ncc2cc(-c3c(Cl)c(OC)cc(OC)c3Cl)c3nccn3c2n1. The van der Waals surface area contributed by atoms with E-state index in [2.05, 4.69) is 26.8 Å². The van der Waals surface area contributed by atoms with E-state index in [1.54, 1.807) is 24.7 Å². The van der Waals surface area contributed by atoms with Crippen molar-refractivity contribution in [2.75, 3.05) is 50.6 Å². The van der Waals surface area contributed by atoms with Crippen LogP contribution in [0.1, 0.15) is 18.4 Å². The summed E-state index contributed by atoms with van der Waals surface area (Å²) >= 11 is 13.5. The van der Waals surface area contributed by atoms with Gasteiger partial charge in [-0.1, -0.05) is 29.8 Å². The molecule has 48 heavy (non-hydrogen) atoms. The van der Waals surface area contributed by atoms with Crippen LogP contribution in [0.25, 0.3) is 27.8 Å². The van der Waals surface area contributed by atoms with Crippen molar-refractivity contribution < 1.29 is 19.1 Å². The fourth-order valence-corrected chi connectivity index (χ4v) is 6.84. The number of hydrogen-bond donors (Lipinski definition) is 1. The second-order valence-electron chi connectivity index (χ2n) is 11.8. The number of halogens is 2. The third-order valence-corrected chi connectivity index (χ3v) is 9.61. The number of benzene rings is 2. The normalized spacial score (nSPS) is 14.8. The Morgan fingerprint density at radius 2 is 1.73 bits per heavy atom. The molecule has 2 aromatic carbocycles. The fraction of sp³-hybridized carbons (Fsp3) is 0.286. The number of fused-ring (bicyclic) bond motifs is 3. The molecule has 0 unspecified atom stereocenters. The number of ketones is 1. The van der Waals surface area contributed by atoms with Crippen LogP contribution in [0.4, 0.5) is 17.3 Å². The zero-order valence-corrected chi connectivity index (χ0v) is 28.0. The summed E-state index contributed by atoms with van der Waals surface area (Å²) in [7, 11) is 3.05. The highest BCUT2D eigenvalue weighted by Gasteiger charge is 2.34. The molecule has 1 amide bonds. The van der Waals surface area contributed by atoms with Gasteiger partial charge in [-0.25, -0.2) is 9.97 Å². The van der Waals surface area contributed by atoms with Gasteiger partial charge in [-0.3, -0.25) is 14.0 Å². The van der Waals surface area contributed by atoms with Crippen LogP contribution in [0.3, 0.4) is 0 Å². The average Bonchev–Trinajstić information content (AvgIpc) is 3.84. The molecule has 2 aliphatic rings. The molecule has 246 valence electrons. The molecule has 1 saturated carbocycles. The van der Waals surface area contributed by atoms with E-state index in [-0.39, 0.29) is 24.0 Å². The van der Waals surface area contributed by atoms with E-state index in [1.165, 1.54) is 20.3 Å². The molecule has 1 saturated heterocycles. The molecule has 13 heteroatoms. The topological polar surface area (TPSA) is 114 Å². The number of allylic oxidation sites excluding steroid dienone is 1. The van der Waals surface area contributed by atoms with Gasteiger partial charge in [0, 0.05) is 91.1 Å². The molecule has 5 aromatic rings. The first-order chi connectivity index (χ1) is 23.3. The minimum atomic E-state index is -0.103. The molecular weight excluding hydrogens is 653 g/mol. The minimum Gasteiger partial charge on any atom is -0.495 e. The molecule has 11 nitrogen and oxygen atoms in total. The zero-order chi connectivity index (χ0) is 33.5. The van der Waals surface area contributed by atoms with Crippen LogP contribution in [0.5, 0.6) is 11.5 Å². The van der Waals surface area contributed by atoms with Gasteiger partial charge in [-0.05, 0) is 48.7 Å². The lowest BCUT2D eigenvalue weighted by Crippen LogP contribution is -2.49. The maximum absolute atomic E-state index is 12.6. The minimum absolute atomic E-state index is 0.103. The number of nitrogens with one attached hydrogen (secondary N) is 1. The Bertz CT molecular complexity index is 2060. The van der Waals surface area contributed by atoms with Crippen molar-refractivity contribution in [1.82, 2.24) is 24.3 Å². The molecule has 1 aliphatic carbocycles. The second kappa shape index (κ2) is 13.0. The van der Waals surface area contributed by atoms with Gasteiger partial charge < -0.3 is 24.6 Å². The predicted molar refractivity (Wildman–Crippen MR) is 187 cm³/mol. The van der Waals surface area contributed by atoms with Crippen molar-refractivity contribution in [1.29, 1.82) is 0 Å². The largest absolute Gasteiger partial charge is 0.495 e. The molecule has 0 atom stereocenters. The first kappa shape index (κ1) is 31.7. The van der Waals surface area contributed by atoms with E-state index in [1.807, 2.05) is 33.6 Å². The van der Waals surface area contributed by atoms with Crippen molar-refractivity contribution in [3.8, 4) is 22.6 Å². The van der Waals surface area contributed by atoms with Gasteiger partial charge in [0.15, 0.2) is 11.4 Å². The lowest BCUT2D eigenvalue weighted by atomic mass is 10.0. The molecule has 1 N–H and O–H groups in total. The number of aromatic nitrogens is 4. The van der Waals surface area contributed by atoms with Crippen molar-refractivity contribution in [3.63, 3.8) is 0 Å². The van der Waals surface area contributed by atoms with Crippen LogP contribution in [0.2, 0.25) is 10.0 Å². The summed E-state index contributed by atoms with van der Waals surface area (Å²) < 4.78 is 12.8. The molecule has 4 heterocycles. The van der Waals surface area contributed by atoms with E-state index in [4.69, 9.17) is 37.7 Å². The highest BCUT2D eigenvalue weighted by molar-refractivity contribution is 6.41. The summed E-state index contributed by atoms with van der Waals surface area (Å²) in [6.45, 7) is 6.51. The molecule has 0 bridgehead atoms. The van der Waals surface area contributed by atoms with Crippen molar-refractivity contribution in [2.45, 2.75) is 19.3 Å². The van der Waals surface area contributed by atoms with Crippen molar-refractivity contribution in [2.24, 2.45) is 5.92 Å². The van der Waals surface area contributed by atoms with Gasteiger partial charge >= 0.3 is 0 Å². The van der Waals surface area contributed by atoms with E-state index < -0.39 is 0 Å². The summed E-state index contributed by atoms with van der Waals surface area (Å²) in [5.41, 5.74) is 4.83. The van der Waals surface area contributed by atoms with Crippen LogP contribution in [-0.2, 0) is 16.0 Å². The van der Waals surface area contributed by atoms with Crippen molar-refractivity contribution >= 4 is 68.9 Å². The number of anilines is 3. The highest BCUT2D eigenvalue weighted by atomic mass is 35.5. The van der Waals surface area contributed by atoms with E-state index in [9.17, 15) is 9.59 Å². The van der Waals surface area contributed by atoms with Crippen LogP contribution >= 0.6 is 23.2 Å². The summed E-state index contributed by atoms with van der Waals surface area (Å²) in [6.07, 6.45) is 8.68. The Hall–Kier alpha value is -4.87. The van der Waals surface area contributed by atoms with Gasteiger partial charge in [0.2, 0.25) is 11.9 Å². The van der Waals surface area contributed by atoms with E-state index in [0.717, 1.165) is 37.2 Å². The van der Waals surface area contributed by atoms with Gasteiger partial charge in [0.05, 0.1) is 24.3 Å². The smallest absolute Gasteiger partial charge is 0.229 e. The van der Waals surface area contributed by atoms with Gasteiger partial charge in [0.1, 0.15) is 17.1 Å². The standard InChI is InChI=1S/C35H33Cl2N7O4/c1-4-24(45)16-21-15-23(42-11-13-43(14-12-42)34(46)20-5-6-20)7-8-26(21)40-35-39-19-22-17-25(33-38-9-10-44(33)32(22)41-35)29-30(36)27(47-2)18-28(48-3)31(29)37/h4,7-10,15,17-20H,1,5-6,11-14,16H2,2-3H3,(H,39,40,41). The Morgan fingerprint density at radius 3 is 2.40 bits per heavy atom. The molecule has 1 aliphatic heterocycles. The van der Waals surface area contributed by atoms with E-state index >= 15 is 0 Å². The lowest BCUT2D eigenvalue weighted by Gasteiger charge is -2.36. The lowest BCUT2D eigenvalue weighted by molar-refractivity contribution is -0.132. The number of rotatable bonds is 10. The number of hydrogen-bond acceptors (Lipinski definition) is 9. The maximum atomic E-state index is 12.6. The first-order valence-electron chi connectivity index (χ1n) is 15.6. The first-order valence-corrected chi connectivity index (χ1v) is 16.4. The number of pyridine rings is 1. The van der Waals surface area contributed by atoms with Crippen LogP contribution < -0.4 is 19.7 Å². The second-order valence-corrected chi connectivity index (χ2v) is 12.6. The predicted octanol–water partition coefficient (Wildman–Crippen LogP) is 6.37. The number of carbonyl (C=O) groups is 2. The molecule has 7 rings (SSSR count). The number of methoxy groups -OCH3 is 2. The number of amides is 1. The molecule has 3 aromatic heterocycles. The monoisotopic (exact) mass is 685 g/mol. The molecule has 0 spiro atoms. The Labute approximate surface area is 287 Å². The highest BCUT2D eigenvalue weighted by Crippen LogP contribution is 2.47. The van der Waals surface area contributed by atoms with Crippen LogP contribution in [0.15, 0.2) is 61.6 Å². The summed E-state index contributed by atoms with van der Waals surface area (Å²) in [6, 6.07) is 9.49. The van der Waals surface area contributed by atoms with Gasteiger partial charge in [-0.2, -0.15) is 4.98 Å². The summed E-state index contributed by atoms with van der Waals surface area (Å²) in [5.74, 6) is 1.56. The fourth-order valence-electron chi connectivity index (χ4n) is 6.14. The number of imidazole rings is 1.